The summed E-state index contributed by atoms with van der Waals surface area (Å²) in [5, 5.41) is 3.61. The number of unbranched alkanes of at least 4 members (excludes halogenated alkanes) is 1. The van der Waals surface area contributed by atoms with E-state index in [2.05, 4.69) is 17.2 Å². The molecule has 0 aliphatic heterocycles. The molecule has 1 N–H and O–H groups in total. The molecule has 4 heteroatoms. The number of rotatable bonds is 5. The molecule has 0 saturated heterocycles. The molecule has 0 unspecified atom stereocenters. The van der Waals surface area contributed by atoms with Gasteiger partial charge in [-0.05, 0) is 25.2 Å². The first-order valence-electron chi connectivity index (χ1n) is 5.55. The lowest BCUT2D eigenvalue weighted by molar-refractivity contribution is -0.116. The van der Waals surface area contributed by atoms with Crippen molar-refractivity contribution in [2.24, 2.45) is 0 Å². The monoisotopic (exact) mass is 224 g/mol. The van der Waals surface area contributed by atoms with Crippen LogP contribution in [0.1, 0.15) is 49.8 Å². The number of nitrogens with one attached hydrogen (secondary N) is 1. The predicted molar refractivity (Wildman–Crippen MR) is 62.2 cm³/mol. The fourth-order valence-corrected chi connectivity index (χ4v) is 2.42. The molecule has 0 bridgehead atoms. The molecular weight excluding hydrogens is 208 g/mol. The van der Waals surface area contributed by atoms with E-state index in [1.54, 1.807) is 11.3 Å². The van der Waals surface area contributed by atoms with Gasteiger partial charge in [0.2, 0.25) is 5.91 Å². The average molecular weight is 224 g/mol. The number of hydrogen-bond acceptors (Lipinski definition) is 3. The summed E-state index contributed by atoms with van der Waals surface area (Å²) in [5.74, 6) is 0.817. The largest absolute Gasteiger partial charge is 0.302 e. The summed E-state index contributed by atoms with van der Waals surface area (Å²) in [5.41, 5.74) is 0. The van der Waals surface area contributed by atoms with Gasteiger partial charge in [-0.1, -0.05) is 13.3 Å². The van der Waals surface area contributed by atoms with Gasteiger partial charge in [0.25, 0.3) is 0 Å². The second kappa shape index (κ2) is 4.75. The maximum absolute atomic E-state index is 11.4. The van der Waals surface area contributed by atoms with Gasteiger partial charge in [-0.3, -0.25) is 4.79 Å². The Balaban J connectivity index is 1.84. The number of carbonyl (C=O) groups is 1. The Kier molecular flexibility index (Phi) is 3.36. The van der Waals surface area contributed by atoms with Crippen LogP contribution in [-0.4, -0.2) is 10.9 Å². The molecule has 1 fully saturated rings. The van der Waals surface area contributed by atoms with Crippen LogP contribution in [0.4, 0.5) is 5.13 Å². The van der Waals surface area contributed by atoms with Gasteiger partial charge in [0.1, 0.15) is 0 Å². The number of thiazole rings is 1. The number of aromatic nitrogens is 1. The van der Waals surface area contributed by atoms with E-state index in [-0.39, 0.29) is 5.91 Å². The fraction of sp³-hybridized carbons (Fsp3) is 0.636. The Hall–Kier alpha value is -0.900. The number of hydrogen-bond donors (Lipinski definition) is 1. The lowest BCUT2D eigenvalue weighted by Gasteiger charge is -1.99. The Morgan fingerprint density at radius 3 is 3.13 bits per heavy atom. The van der Waals surface area contributed by atoms with Crippen molar-refractivity contribution >= 4 is 22.4 Å². The van der Waals surface area contributed by atoms with Crippen LogP contribution in [0.15, 0.2) is 6.20 Å². The second-order valence-electron chi connectivity index (χ2n) is 3.99. The van der Waals surface area contributed by atoms with Crippen LogP contribution >= 0.6 is 11.3 Å². The fourth-order valence-electron chi connectivity index (χ4n) is 1.42. The maximum atomic E-state index is 11.4. The van der Waals surface area contributed by atoms with E-state index in [9.17, 15) is 4.79 Å². The maximum Gasteiger partial charge on any atom is 0.226 e. The van der Waals surface area contributed by atoms with Crippen LogP contribution in [0.25, 0.3) is 0 Å². The van der Waals surface area contributed by atoms with Crippen molar-refractivity contribution in [1.82, 2.24) is 4.98 Å². The predicted octanol–water partition coefficient (Wildman–Crippen LogP) is 3.15. The highest BCUT2D eigenvalue weighted by atomic mass is 32.1. The molecule has 1 aromatic rings. The van der Waals surface area contributed by atoms with Crippen LogP contribution in [0.2, 0.25) is 0 Å². The van der Waals surface area contributed by atoms with Gasteiger partial charge >= 0.3 is 0 Å². The van der Waals surface area contributed by atoms with Gasteiger partial charge in [-0.15, -0.1) is 11.3 Å². The summed E-state index contributed by atoms with van der Waals surface area (Å²) in [6.45, 7) is 2.09. The van der Waals surface area contributed by atoms with E-state index in [0.717, 1.165) is 23.9 Å². The highest BCUT2D eigenvalue weighted by molar-refractivity contribution is 7.15. The molecule has 3 nitrogen and oxygen atoms in total. The van der Waals surface area contributed by atoms with Crippen molar-refractivity contribution in [2.45, 2.75) is 44.9 Å². The summed E-state index contributed by atoms with van der Waals surface area (Å²) in [6, 6.07) is 0. The summed E-state index contributed by atoms with van der Waals surface area (Å²) < 4.78 is 0. The van der Waals surface area contributed by atoms with E-state index >= 15 is 0 Å². The third kappa shape index (κ3) is 3.02. The van der Waals surface area contributed by atoms with Crippen molar-refractivity contribution in [3.05, 3.63) is 11.1 Å². The molecule has 1 aromatic heterocycles. The molecule has 0 radical (unpaired) electrons. The summed E-state index contributed by atoms with van der Waals surface area (Å²) in [7, 11) is 0. The smallest absolute Gasteiger partial charge is 0.226 e. The first-order valence-corrected chi connectivity index (χ1v) is 6.37. The minimum absolute atomic E-state index is 0.0912. The standard InChI is InChI=1S/C11H16N2OS/c1-2-3-4-10(14)13-11-12-7-9(15-11)8-5-6-8/h7-8H,2-6H2,1H3,(H,12,13,14). The highest BCUT2D eigenvalue weighted by Crippen LogP contribution is 2.43. The third-order valence-corrected chi connectivity index (χ3v) is 3.58. The van der Waals surface area contributed by atoms with Gasteiger partial charge < -0.3 is 5.32 Å². The first kappa shape index (κ1) is 10.6. The molecule has 82 valence electrons. The van der Waals surface area contributed by atoms with Gasteiger partial charge in [0.15, 0.2) is 5.13 Å². The lowest BCUT2D eigenvalue weighted by atomic mass is 10.2. The topological polar surface area (TPSA) is 42.0 Å². The van der Waals surface area contributed by atoms with Crippen LogP contribution in [-0.2, 0) is 4.79 Å². The normalized spacial score (nSPS) is 15.3. The number of carbonyl (C=O) groups excluding carboxylic acids is 1. The van der Waals surface area contributed by atoms with Crippen LogP contribution < -0.4 is 5.32 Å². The van der Waals surface area contributed by atoms with E-state index in [1.165, 1.54) is 17.7 Å². The van der Waals surface area contributed by atoms with E-state index in [0.29, 0.717) is 6.42 Å². The van der Waals surface area contributed by atoms with Crippen molar-refractivity contribution in [1.29, 1.82) is 0 Å². The van der Waals surface area contributed by atoms with E-state index in [4.69, 9.17) is 0 Å². The molecule has 1 aliphatic carbocycles. The number of amides is 1. The number of anilines is 1. The zero-order valence-electron chi connectivity index (χ0n) is 8.95. The highest BCUT2D eigenvalue weighted by Gasteiger charge is 2.25. The van der Waals surface area contributed by atoms with Gasteiger partial charge in [0.05, 0.1) is 0 Å². The van der Waals surface area contributed by atoms with Crippen LogP contribution in [0.5, 0.6) is 0 Å². The minimum atomic E-state index is 0.0912. The zero-order chi connectivity index (χ0) is 10.7. The summed E-state index contributed by atoms with van der Waals surface area (Å²) in [6.07, 6.45) is 7.08. The molecule has 1 amide bonds. The first-order chi connectivity index (χ1) is 7.29. The van der Waals surface area contributed by atoms with E-state index < -0.39 is 0 Å². The molecule has 1 saturated carbocycles. The van der Waals surface area contributed by atoms with Crippen molar-refractivity contribution in [3.8, 4) is 0 Å². The molecule has 0 aromatic carbocycles. The SMILES string of the molecule is CCCCC(=O)Nc1ncc(C2CC2)s1. The van der Waals surface area contributed by atoms with E-state index in [1.807, 2.05) is 6.20 Å². The Morgan fingerprint density at radius 1 is 1.67 bits per heavy atom. The lowest BCUT2D eigenvalue weighted by Crippen LogP contribution is -2.10. The molecular formula is C11H16N2OS. The second-order valence-corrected chi connectivity index (χ2v) is 5.06. The third-order valence-electron chi connectivity index (χ3n) is 2.51. The molecule has 1 aliphatic rings. The van der Waals surface area contributed by atoms with Crippen molar-refractivity contribution < 1.29 is 4.79 Å². The van der Waals surface area contributed by atoms with Gasteiger partial charge in [-0.2, -0.15) is 0 Å². The van der Waals surface area contributed by atoms with Crippen LogP contribution in [0.3, 0.4) is 0 Å². The summed E-state index contributed by atoms with van der Waals surface area (Å²) >= 11 is 1.62. The molecule has 1 heterocycles. The number of nitrogens with zero attached hydrogens (tertiary/aromatic N) is 1. The Labute approximate surface area is 93.9 Å². The molecule has 2 rings (SSSR count). The van der Waals surface area contributed by atoms with Crippen molar-refractivity contribution in [2.75, 3.05) is 5.32 Å². The Morgan fingerprint density at radius 2 is 2.47 bits per heavy atom. The van der Waals surface area contributed by atoms with Gasteiger partial charge in [0, 0.05) is 17.5 Å². The minimum Gasteiger partial charge on any atom is -0.302 e. The molecule has 15 heavy (non-hydrogen) atoms. The Bertz CT molecular complexity index is 344. The van der Waals surface area contributed by atoms with Crippen LogP contribution in [0, 0.1) is 0 Å². The molecule has 0 atom stereocenters. The van der Waals surface area contributed by atoms with Crippen molar-refractivity contribution in [3.63, 3.8) is 0 Å². The summed E-state index contributed by atoms with van der Waals surface area (Å²) in [4.78, 5) is 17.0. The average Bonchev–Trinajstić information content (AvgIpc) is 2.98. The quantitative estimate of drug-likeness (QED) is 0.834. The zero-order valence-corrected chi connectivity index (χ0v) is 9.77. The molecule has 0 spiro atoms. The van der Waals surface area contributed by atoms with Gasteiger partial charge in [-0.25, -0.2) is 4.98 Å².